The maximum Gasteiger partial charge on any atom is 0.244 e. The molecule has 1 saturated carbocycles. The molecule has 24 heavy (non-hydrogen) atoms. The number of fused-ring (bicyclic) bond motifs is 1. The normalized spacial score (nSPS) is 23.6. The standard InChI is InChI=1S/C20H20N2O2/c23-21-14-20(22(24)19-9-5-4-8-18(19)21)17-12-10-16(11-13-17)15-6-2-1-3-7-15/h1-3,6-7,10-14,18-19H,4-5,8-9H2/t18-,19-/m1/s1. The first kappa shape index (κ1) is 15.1. The van der Waals surface area contributed by atoms with Gasteiger partial charge in [0.15, 0.2) is 0 Å². The van der Waals surface area contributed by atoms with E-state index in [4.69, 9.17) is 0 Å². The van der Waals surface area contributed by atoms with Gasteiger partial charge in [0.25, 0.3) is 0 Å². The van der Waals surface area contributed by atoms with Crippen molar-refractivity contribution in [1.82, 2.24) is 5.06 Å². The molecule has 4 heteroatoms. The number of nitrogens with zero attached hydrogens (tertiary/aromatic N) is 2. The van der Waals surface area contributed by atoms with E-state index in [2.05, 4.69) is 12.1 Å². The minimum atomic E-state index is -0.218. The van der Waals surface area contributed by atoms with Crippen LogP contribution in [0.5, 0.6) is 0 Å². The van der Waals surface area contributed by atoms with Gasteiger partial charge < -0.3 is 10.3 Å². The summed E-state index contributed by atoms with van der Waals surface area (Å²) in [6, 6.07) is 17.6. The Morgan fingerprint density at radius 3 is 2.25 bits per heavy atom. The van der Waals surface area contributed by atoms with Crippen molar-refractivity contribution in [2.45, 2.75) is 37.8 Å². The van der Waals surface area contributed by atoms with Crippen molar-refractivity contribution in [2.75, 3.05) is 0 Å². The highest BCUT2D eigenvalue weighted by molar-refractivity contribution is 5.69. The van der Waals surface area contributed by atoms with Crippen molar-refractivity contribution >= 4 is 5.70 Å². The zero-order chi connectivity index (χ0) is 16.5. The predicted molar refractivity (Wildman–Crippen MR) is 94.7 cm³/mol. The summed E-state index contributed by atoms with van der Waals surface area (Å²) in [6.07, 6.45) is 5.13. The van der Waals surface area contributed by atoms with Crippen LogP contribution in [0, 0.1) is 10.1 Å². The average molecular weight is 320 g/mol. The summed E-state index contributed by atoms with van der Waals surface area (Å²) < 4.78 is 0.999. The lowest BCUT2D eigenvalue weighted by Gasteiger charge is -2.44. The van der Waals surface area contributed by atoms with Crippen LogP contribution in [0.2, 0.25) is 0 Å². The highest BCUT2D eigenvalue weighted by atomic mass is 16.5. The van der Waals surface area contributed by atoms with Crippen molar-refractivity contribution < 1.29 is 4.76 Å². The molecule has 4 rings (SSSR count). The van der Waals surface area contributed by atoms with Crippen LogP contribution in [-0.4, -0.2) is 21.9 Å². The molecule has 0 unspecified atom stereocenters. The lowest BCUT2D eigenvalue weighted by Crippen LogP contribution is -2.49. The van der Waals surface area contributed by atoms with E-state index in [1.807, 2.05) is 42.5 Å². The first-order valence-electron chi connectivity index (χ1n) is 8.53. The maximum atomic E-state index is 12.7. The molecule has 1 heterocycles. The zero-order valence-corrected chi connectivity index (χ0v) is 13.5. The van der Waals surface area contributed by atoms with Gasteiger partial charge >= 0.3 is 0 Å². The summed E-state index contributed by atoms with van der Waals surface area (Å²) in [5.74, 6) is 0. The molecule has 1 aliphatic carbocycles. The lowest BCUT2D eigenvalue weighted by molar-refractivity contribution is -0.536. The third kappa shape index (κ3) is 2.63. The zero-order valence-electron chi connectivity index (χ0n) is 13.5. The van der Waals surface area contributed by atoms with Crippen molar-refractivity contribution in [3.63, 3.8) is 0 Å². The number of hydroxylamine groups is 2. The lowest BCUT2D eigenvalue weighted by atomic mass is 9.88. The van der Waals surface area contributed by atoms with E-state index in [-0.39, 0.29) is 12.1 Å². The van der Waals surface area contributed by atoms with Crippen LogP contribution in [-0.2, 0) is 0 Å². The fraction of sp³-hybridized carbons (Fsp3) is 0.300. The molecule has 2 aliphatic rings. The van der Waals surface area contributed by atoms with Crippen molar-refractivity contribution in [2.24, 2.45) is 0 Å². The van der Waals surface area contributed by atoms with Crippen molar-refractivity contribution in [3.8, 4) is 11.1 Å². The predicted octanol–water partition coefficient (Wildman–Crippen LogP) is 4.56. The smallest absolute Gasteiger partial charge is 0.244 e. The number of hydrogen-bond acceptors (Lipinski definition) is 3. The third-order valence-electron chi connectivity index (χ3n) is 5.10. The van der Waals surface area contributed by atoms with Gasteiger partial charge in [0.05, 0.1) is 6.04 Å². The summed E-state index contributed by atoms with van der Waals surface area (Å²) in [7, 11) is 0. The molecule has 0 bridgehead atoms. The summed E-state index contributed by atoms with van der Waals surface area (Å²) in [5.41, 5.74) is 3.52. The molecule has 122 valence electrons. The van der Waals surface area contributed by atoms with Gasteiger partial charge in [-0.3, -0.25) is 0 Å². The second kappa shape index (κ2) is 6.21. The van der Waals surface area contributed by atoms with E-state index in [1.54, 1.807) is 0 Å². The molecule has 1 aliphatic heterocycles. The largest absolute Gasteiger partial charge is 0.758 e. The molecule has 2 aromatic rings. The molecule has 1 fully saturated rings. The van der Waals surface area contributed by atoms with Gasteiger partial charge in [0, 0.05) is 21.7 Å². The van der Waals surface area contributed by atoms with Gasteiger partial charge in [-0.15, -0.1) is 0 Å². The molecule has 2 aromatic carbocycles. The van der Waals surface area contributed by atoms with Crippen LogP contribution in [0.1, 0.15) is 31.2 Å². The van der Waals surface area contributed by atoms with E-state index < -0.39 is 0 Å². The average Bonchev–Trinajstić information content (AvgIpc) is 2.66. The molecule has 4 nitrogen and oxygen atoms in total. The Labute approximate surface area is 141 Å². The minimum absolute atomic E-state index is 0.191. The second-order valence-corrected chi connectivity index (χ2v) is 6.56. The fourth-order valence-corrected chi connectivity index (χ4v) is 3.78. The summed E-state index contributed by atoms with van der Waals surface area (Å²) in [5, 5.41) is 13.8. The highest BCUT2D eigenvalue weighted by Gasteiger charge is 2.41. The van der Waals surface area contributed by atoms with E-state index >= 15 is 0 Å². The quantitative estimate of drug-likeness (QED) is 0.762. The Morgan fingerprint density at radius 2 is 1.50 bits per heavy atom. The molecular weight excluding hydrogens is 300 g/mol. The number of rotatable bonds is 2. The second-order valence-electron chi connectivity index (χ2n) is 6.56. The van der Waals surface area contributed by atoms with E-state index in [9.17, 15) is 10.1 Å². The Morgan fingerprint density at radius 1 is 0.875 bits per heavy atom. The van der Waals surface area contributed by atoms with Gasteiger partial charge in [0.2, 0.25) is 12.2 Å². The first-order chi connectivity index (χ1) is 11.7. The Kier molecular flexibility index (Phi) is 3.90. The molecule has 0 aromatic heterocycles. The van der Waals surface area contributed by atoms with E-state index in [0.717, 1.165) is 52.2 Å². The van der Waals surface area contributed by atoms with E-state index in [1.165, 1.54) is 6.20 Å². The first-order valence-corrected chi connectivity index (χ1v) is 8.53. The van der Waals surface area contributed by atoms with Crippen LogP contribution in [0.3, 0.4) is 0 Å². The van der Waals surface area contributed by atoms with Crippen LogP contribution >= 0.6 is 0 Å². The van der Waals surface area contributed by atoms with Crippen LogP contribution in [0.15, 0.2) is 60.8 Å². The van der Waals surface area contributed by atoms with Gasteiger partial charge in [0.1, 0.15) is 5.70 Å². The molecule has 0 radical (unpaired) electrons. The van der Waals surface area contributed by atoms with E-state index in [0.29, 0.717) is 5.70 Å². The van der Waals surface area contributed by atoms with Gasteiger partial charge in [-0.05, 0) is 24.0 Å². The van der Waals surface area contributed by atoms with Crippen LogP contribution in [0.25, 0.3) is 16.8 Å². The SMILES string of the molecule is O=[N+]1C=C(c2ccc(-c3ccccc3)cc2)N([O-])[C@@H]2CCCC[C@H]21. The topological polar surface area (TPSA) is 46.4 Å². The molecule has 0 N–H and O–H groups in total. The van der Waals surface area contributed by atoms with Gasteiger partial charge in [-0.25, -0.2) is 0 Å². The van der Waals surface area contributed by atoms with Crippen LogP contribution < -0.4 is 0 Å². The highest BCUT2D eigenvalue weighted by Crippen LogP contribution is 2.35. The molecule has 0 saturated heterocycles. The monoisotopic (exact) mass is 320 g/mol. The van der Waals surface area contributed by atoms with Crippen LogP contribution in [0.4, 0.5) is 0 Å². The number of hydrogen-bond donors (Lipinski definition) is 0. The number of benzene rings is 2. The molecular formula is C20H20N2O2. The summed E-state index contributed by atoms with van der Waals surface area (Å²) >= 11 is 0. The molecule has 0 amide bonds. The Hall–Kier alpha value is -2.46. The third-order valence-corrected chi connectivity index (χ3v) is 5.10. The number of nitroso groups, excluding NO2 is 1. The molecule has 0 spiro atoms. The van der Waals surface area contributed by atoms with Crippen molar-refractivity contribution in [1.29, 1.82) is 0 Å². The van der Waals surface area contributed by atoms with Crippen molar-refractivity contribution in [3.05, 3.63) is 76.5 Å². The van der Waals surface area contributed by atoms with Gasteiger partial charge in [-0.1, -0.05) is 61.0 Å². The Bertz CT molecular complexity index is 768. The minimum Gasteiger partial charge on any atom is -0.758 e. The summed E-state index contributed by atoms with van der Waals surface area (Å²) in [6.45, 7) is 0. The Balaban J connectivity index is 1.64. The fourth-order valence-electron chi connectivity index (χ4n) is 3.78. The summed E-state index contributed by atoms with van der Waals surface area (Å²) in [4.78, 5) is 12.3. The van der Waals surface area contributed by atoms with Gasteiger partial charge in [-0.2, -0.15) is 0 Å². The maximum absolute atomic E-state index is 12.7. The molecule has 2 atom stereocenters.